The van der Waals surface area contributed by atoms with Gasteiger partial charge in [-0.05, 0) is 62.1 Å². The van der Waals surface area contributed by atoms with Crippen LogP contribution in [0.25, 0.3) is 0 Å². The lowest BCUT2D eigenvalue weighted by atomic mass is 10.1. The largest absolute Gasteiger partial charge is 0.474 e. The van der Waals surface area contributed by atoms with Crippen molar-refractivity contribution >= 4 is 27.1 Å². The van der Waals surface area contributed by atoms with E-state index < -0.39 is 21.6 Å². The summed E-state index contributed by atoms with van der Waals surface area (Å²) in [6.45, 7) is 0.995. The van der Waals surface area contributed by atoms with Crippen molar-refractivity contribution in [2.45, 2.75) is 49.0 Å². The zero-order valence-corrected chi connectivity index (χ0v) is 21.2. The molecule has 3 aliphatic rings. The first-order valence-corrected chi connectivity index (χ1v) is 14.4. The van der Waals surface area contributed by atoms with Crippen LogP contribution in [0.15, 0.2) is 47.4 Å². The highest BCUT2D eigenvalue weighted by atomic mass is 32.2. The number of pyridine rings is 2. The van der Waals surface area contributed by atoms with Crippen LogP contribution in [-0.4, -0.2) is 43.7 Å². The van der Waals surface area contributed by atoms with E-state index in [4.69, 9.17) is 9.72 Å². The number of sulfone groups is 1. The molecule has 1 aromatic carbocycles. The Bertz CT molecular complexity index is 1470. The number of amides is 1. The Morgan fingerprint density at radius 2 is 1.76 bits per heavy atom. The molecule has 1 amide bonds. The number of hydrogen-bond acceptors (Lipinski definition) is 7. The van der Waals surface area contributed by atoms with E-state index in [0.717, 1.165) is 35.1 Å². The lowest BCUT2D eigenvalue weighted by molar-refractivity contribution is 0.0944. The quantitative estimate of drug-likeness (QED) is 0.495. The maximum absolute atomic E-state index is 14.4. The molecule has 0 spiro atoms. The minimum atomic E-state index is -3.52. The highest BCUT2D eigenvalue weighted by Gasteiger charge is 2.32. The molecular weight excluding hydrogens is 495 g/mol. The van der Waals surface area contributed by atoms with Crippen molar-refractivity contribution in [3.63, 3.8) is 0 Å². The van der Waals surface area contributed by atoms with E-state index in [2.05, 4.69) is 27.3 Å². The van der Waals surface area contributed by atoms with Crippen LogP contribution in [0.2, 0.25) is 0 Å². The fourth-order valence-electron chi connectivity index (χ4n) is 4.55. The number of anilines is 2. The van der Waals surface area contributed by atoms with Gasteiger partial charge in [-0.25, -0.2) is 17.8 Å². The average Bonchev–Trinajstić information content (AvgIpc) is 3.79. The number of carbonyl (C=O) groups is 1. The van der Waals surface area contributed by atoms with Gasteiger partial charge in [-0.1, -0.05) is 6.07 Å². The molecule has 0 atom stereocenters. The van der Waals surface area contributed by atoms with Gasteiger partial charge in [0.25, 0.3) is 5.91 Å². The van der Waals surface area contributed by atoms with Crippen LogP contribution < -0.4 is 15.0 Å². The lowest BCUT2D eigenvalue weighted by Gasteiger charge is -2.31. The molecule has 0 radical (unpaired) electrons. The Labute approximate surface area is 214 Å². The van der Waals surface area contributed by atoms with E-state index >= 15 is 0 Å². The molecule has 6 rings (SSSR count). The smallest absolute Gasteiger partial charge is 0.270 e. The Morgan fingerprint density at radius 3 is 2.38 bits per heavy atom. The summed E-state index contributed by atoms with van der Waals surface area (Å²) in [6.07, 6.45) is 5.76. The summed E-state index contributed by atoms with van der Waals surface area (Å²) in [7, 11) is -3.52. The summed E-state index contributed by atoms with van der Waals surface area (Å²) in [5.74, 6) is 0.296. The Morgan fingerprint density at radius 1 is 1.05 bits per heavy atom. The zero-order chi connectivity index (χ0) is 25.7. The van der Waals surface area contributed by atoms with Crippen LogP contribution in [0, 0.1) is 5.82 Å². The normalized spacial score (nSPS) is 17.2. The fraction of sp³-hybridized carbons (Fsp3) is 0.370. The number of benzene rings is 1. The van der Waals surface area contributed by atoms with Crippen LogP contribution in [0.5, 0.6) is 5.88 Å². The maximum atomic E-state index is 14.4. The van der Waals surface area contributed by atoms with Crippen LogP contribution in [0.3, 0.4) is 0 Å². The molecule has 10 heteroatoms. The highest BCUT2D eigenvalue weighted by Crippen LogP contribution is 2.46. The summed E-state index contributed by atoms with van der Waals surface area (Å²) in [6, 6.07) is 11.4. The summed E-state index contributed by atoms with van der Waals surface area (Å²) in [5, 5.41) is 2.65. The second kappa shape index (κ2) is 9.09. The number of carbonyl (C=O) groups excluding carboxylic acids is 1. The predicted octanol–water partition coefficient (Wildman–Crippen LogP) is 4.23. The van der Waals surface area contributed by atoms with Gasteiger partial charge in [-0.3, -0.25) is 9.78 Å². The van der Waals surface area contributed by atoms with Gasteiger partial charge in [0, 0.05) is 47.3 Å². The Kier molecular flexibility index (Phi) is 5.86. The first-order valence-electron chi connectivity index (χ1n) is 12.5. The van der Waals surface area contributed by atoms with E-state index in [1.807, 2.05) is 6.07 Å². The Balaban J connectivity index is 1.20. The predicted molar refractivity (Wildman–Crippen MR) is 136 cm³/mol. The van der Waals surface area contributed by atoms with Crippen LogP contribution in [0.4, 0.5) is 15.8 Å². The van der Waals surface area contributed by atoms with Gasteiger partial charge in [-0.2, -0.15) is 0 Å². The Hall–Kier alpha value is -3.53. The van der Waals surface area contributed by atoms with E-state index in [1.54, 1.807) is 6.07 Å². The van der Waals surface area contributed by atoms with Gasteiger partial charge in [0.05, 0.1) is 11.4 Å². The van der Waals surface area contributed by atoms with Gasteiger partial charge in [0.2, 0.25) is 5.88 Å². The third kappa shape index (κ3) is 5.02. The number of halogens is 1. The van der Waals surface area contributed by atoms with Crippen molar-refractivity contribution in [1.82, 2.24) is 15.3 Å². The van der Waals surface area contributed by atoms with Crippen molar-refractivity contribution in [2.75, 3.05) is 24.3 Å². The molecule has 8 nitrogen and oxygen atoms in total. The summed E-state index contributed by atoms with van der Waals surface area (Å²) in [4.78, 5) is 24.2. The van der Waals surface area contributed by atoms with E-state index in [1.165, 1.54) is 37.8 Å². The second-order valence-corrected chi connectivity index (χ2v) is 12.0. The van der Waals surface area contributed by atoms with Crippen LogP contribution in [-0.2, 0) is 16.4 Å². The molecule has 1 N–H and O–H groups in total. The van der Waals surface area contributed by atoms with Crippen molar-refractivity contribution < 1.29 is 22.3 Å². The molecule has 2 aromatic heterocycles. The van der Waals surface area contributed by atoms with Gasteiger partial charge < -0.3 is 15.0 Å². The first kappa shape index (κ1) is 23.8. The third-order valence-corrected chi connectivity index (χ3v) is 8.07. The van der Waals surface area contributed by atoms with Crippen LogP contribution in [0.1, 0.15) is 65.0 Å². The minimum Gasteiger partial charge on any atom is -0.474 e. The SMILES string of the molecule is CS(=O)(=O)c1ccc(CNC(=O)c2ccc3c(n2)OCCN3c2cc(C3CC3)nc(C3CC3)c2)c(F)c1. The summed E-state index contributed by atoms with van der Waals surface area (Å²) < 4.78 is 43.4. The molecule has 2 fully saturated rings. The minimum absolute atomic E-state index is 0.106. The molecule has 37 heavy (non-hydrogen) atoms. The van der Waals surface area contributed by atoms with Gasteiger partial charge in [0.15, 0.2) is 9.84 Å². The highest BCUT2D eigenvalue weighted by molar-refractivity contribution is 7.90. The standard InChI is InChI=1S/C27H27FN4O4S/c1-37(34,35)20-7-6-18(21(28)14-20)15-29-26(33)22-8-9-25-27(31-22)36-11-10-32(25)19-12-23(16-2-3-16)30-24(13-19)17-4-5-17/h6-9,12-14,16-17H,2-5,10-11,15H2,1H3,(H,29,33). The number of nitrogens with one attached hydrogen (secondary N) is 1. The molecule has 192 valence electrons. The molecule has 2 saturated carbocycles. The molecule has 0 saturated heterocycles. The number of rotatable bonds is 7. The average molecular weight is 523 g/mol. The monoisotopic (exact) mass is 522 g/mol. The third-order valence-electron chi connectivity index (χ3n) is 6.96. The maximum Gasteiger partial charge on any atom is 0.270 e. The topological polar surface area (TPSA) is 101 Å². The number of ether oxygens (including phenoxy) is 1. The van der Waals surface area contributed by atoms with Crippen molar-refractivity contribution in [1.29, 1.82) is 0 Å². The fourth-order valence-corrected chi connectivity index (χ4v) is 5.18. The number of nitrogens with zero attached hydrogens (tertiary/aromatic N) is 3. The van der Waals surface area contributed by atoms with E-state index in [-0.39, 0.29) is 22.7 Å². The molecule has 0 bridgehead atoms. The molecule has 0 unspecified atom stereocenters. The van der Waals surface area contributed by atoms with Crippen molar-refractivity contribution in [2.24, 2.45) is 0 Å². The van der Waals surface area contributed by atoms with E-state index in [0.29, 0.717) is 30.9 Å². The molecule has 2 aliphatic carbocycles. The van der Waals surface area contributed by atoms with E-state index in [9.17, 15) is 17.6 Å². The molecule has 1 aliphatic heterocycles. The number of hydrogen-bond donors (Lipinski definition) is 1. The molecular formula is C27H27FN4O4S. The lowest BCUT2D eigenvalue weighted by Crippen LogP contribution is -2.30. The molecule has 3 heterocycles. The number of aromatic nitrogens is 2. The van der Waals surface area contributed by atoms with Crippen molar-refractivity contribution in [3.8, 4) is 5.88 Å². The van der Waals surface area contributed by atoms with Gasteiger partial charge >= 0.3 is 0 Å². The summed E-state index contributed by atoms with van der Waals surface area (Å²) >= 11 is 0. The van der Waals surface area contributed by atoms with Gasteiger partial charge in [0.1, 0.15) is 23.8 Å². The second-order valence-electron chi connectivity index (χ2n) is 9.95. The zero-order valence-electron chi connectivity index (χ0n) is 20.4. The van der Waals surface area contributed by atoms with Gasteiger partial charge in [-0.15, -0.1) is 0 Å². The van der Waals surface area contributed by atoms with Crippen molar-refractivity contribution in [3.05, 3.63) is 70.9 Å². The number of fused-ring (bicyclic) bond motifs is 1. The van der Waals surface area contributed by atoms with Crippen LogP contribution >= 0.6 is 0 Å². The first-order chi connectivity index (χ1) is 17.8. The summed E-state index contributed by atoms with van der Waals surface area (Å²) in [5.41, 5.74) is 4.52. The molecule has 3 aromatic rings.